The highest BCUT2D eigenvalue weighted by Crippen LogP contribution is 2.22. The molecule has 1 rings (SSSR count). The van der Waals surface area contributed by atoms with Gasteiger partial charge in [0.1, 0.15) is 12.3 Å². The van der Waals surface area contributed by atoms with Crippen molar-refractivity contribution in [2.75, 3.05) is 5.88 Å². The molecule has 0 saturated heterocycles. The Bertz CT molecular complexity index is 623. The maximum absolute atomic E-state index is 12.0. The average molecular weight is 290 g/mol. The summed E-state index contributed by atoms with van der Waals surface area (Å²) in [6.07, 6.45) is 0.800. The molecular formula is C9H8ClN3O4S. The van der Waals surface area contributed by atoms with E-state index in [1.165, 1.54) is 6.92 Å². The number of rotatable bonds is 4. The number of hydrogen-bond acceptors (Lipinski definition) is 6. The van der Waals surface area contributed by atoms with Gasteiger partial charge in [0, 0.05) is 11.9 Å². The predicted octanol–water partition coefficient (Wildman–Crippen LogP) is 1.26. The molecule has 0 aliphatic carbocycles. The molecule has 0 amide bonds. The molecule has 1 heterocycles. The van der Waals surface area contributed by atoms with Crippen LogP contribution >= 0.6 is 11.6 Å². The Kier molecular flexibility index (Phi) is 4.21. The van der Waals surface area contributed by atoms with Crippen LogP contribution in [0.5, 0.6) is 0 Å². The first-order valence-electron chi connectivity index (χ1n) is 4.69. The minimum absolute atomic E-state index is 0.161. The second kappa shape index (κ2) is 5.29. The monoisotopic (exact) mass is 289 g/mol. The number of sulfone groups is 1. The zero-order valence-corrected chi connectivity index (χ0v) is 10.8. The number of nitrogens with zero attached hydrogens (tertiary/aromatic N) is 3. The molecule has 9 heteroatoms. The molecule has 0 fully saturated rings. The summed E-state index contributed by atoms with van der Waals surface area (Å²) in [6.45, 7) is 1.37. The number of halogens is 1. The quantitative estimate of drug-likeness (QED) is 0.468. The van der Waals surface area contributed by atoms with Crippen molar-refractivity contribution in [2.45, 2.75) is 17.2 Å². The molecule has 0 radical (unpaired) electrons. The van der Waals surface area contributed by atoms with E-state index >= 15 is 0 Å². The van der Waals surface area contributed by atoms with Gasteiger partial charge < -0.3 is 0 Å². The van der Waals surface area contributed by atoms with E-state index in [-0.39, 0.29) is 11.4 Å². The number of alkyl halides is 1. The average Bonchev–Trinajstić information content (AvgIpc) is 2.36. The van der Waals surface area contributed by atoms with Gasteiger partial charge in [0.25, 0.3) is 5.69 Å². The second-order valence-electron chi connectivity index (χ2n) is 3.43. The highest BCUT2D eigenvalue weighted by atomic mass is 35.5. The van der Waals surface area contributed by atoms with Gasteiger partial charge in [-0.2, -0.15) is 5.26 Å². The van der Waals surface area contributed by atoms with E-state index in [1.54, 1.807) is 6.07 Å². The van der Waals surface area contributed by atoms with Crippen LogP contribution in [0.2, 0.25) is 0 Å². The fourth-order valence-corrected chi connectivity index (χ4v) is 2.78. The summed E-state index contributed by atoms with van der Waals surface area (Å²) in [5.74, 6) is -0.161. The summed E-state index contributed by atoms with van der Waals surface area (Å²) in [4.78, 5) is 13.3. The Morgan fingerprint density at radius 1 is 1.67 bits per heavy atom. The van der Waals surface area contributed by atoms with E-state index in [0.29, 0.717) is 0 Å². The molecule has 96 valence electrons. The van der Waals surface area contributed by atoms with E-state index in [4.69, 9.17) is 16.9 Å². The molecule has 0 saturated carbocycles. The number of aromatic nitrogens is 1. The van der Waals surface area contributed by atoms with Crippen molar-refractivity contribution in [3.05, 3.63) is 27.9 Å². The molecule has 0 aliphatic rings. The molecule has 0 aromatic carbocycles. The lowest BCUT2D eigenvalue weighted by atomic mass is 10.3. The van der Waals surface area contributed by atoms with Gasteiger partial charge in [-0.25, -0.2) is 13.4 Å². The first-order chi connectivity index (χ1) is 8.34. The van der Waals surface area contributed by atoms with Crippen molar-refractivity contribution in [2.24, 2.45) is 0 Å². The smallest absolute Gasteiger partial charge is 0.258 e. The number of nitriles is 1. The van der Waals surface area contributed by atoms with Crippen molar-refractivity contribution in [1.29, 1.82) is 5.26 Å². The lowest BCUT2D eigenvalue weighted by Crippen LogP contribution is -2.21. The fourth-order valence-electron chi connectivity index (χ4n) is 1.12. The highest BCUT2D eigenvalue weighted by Gasteiger charge is 2.28. The topological polar surface area (TPSA) is 114 Å². The van der Waals surface area contributed by atoms with Crippen molar-refractivity contribution >= 4 is 27.1 Å². The molecule has 1 aromatic rings. The third-order valence-corrected chi connectivity index (χ3v) is 4.92. The third-order valence-electron chi connectivity index (χ3n) is 2.18. The molecular weight excluding hydrogens is 282 g/mol. The lowest BCUT2D eigenvalue weighted by molar-refractivity contribution is -0.385. The summed E-state index contributed by atoms with van der Waals surface area (Å²) in [5, 5.41) is 17.9. The number of nitro groups is 1. The summed E-state index contributed by atoms with van der Waals surface area (Å²) < 4.78 is 23.9. The predicted molar refractivity (Wildman–Crippen MR) is 63.0 cm³/mol. The van der Waals surface area contributed by atoms with Crippen molar-refractivity contribution in [1.82, 2.24) is 4.98 Å². The zero-order chi connectivity index (χ0) is 13.9. The van der Waals surface area contributed by atoms with Crippen LogP contribution in [0.1, 0.15) is 12.5 Å². The molecule has 0 N–H and O–H groups in total. The second-order valence-corrected chi connectivity index (χ2v) is 6.02. The molecule has 0 aliphatic heterocycles. The minimum atomic E-state index is -3.86. The zero-order valence-electron chi connectivity index (χ0n) is 9.20. The largest absolute Gasteiger partial charge is 0.288 e. The van der Waals surface area contributed by atoms with Crippen molar-refractivity contribution < 1.29 is 13.3 Å². The maximum Gasteiger partial charge on any atom is 0.288 e. The standard InChI is InChI=1S/C9H8ClN3O4S/c1-6(3-10)18(16,17)9-7(4-11)2-8(5-12-9)13(14)15/h2,5-6H,3H2,1H3. The molecule has 1 atom stereocenters. The summed E-state index contributed by atoms with van der Waals surface area (Å²) >= 11 is 5.47. The van der Waals surface area contributed by atoms with Gasteiger partial charge in [-0.3, -0.25) is 10.1 Å². The first-order valence-corrected chi connectivity index (χ1v) is 6.77. The Morgan fingerprint density at radius 3 is 2.72 bits per heavy atom. The SMILES string of the molecule is CC(CCl)S(=O)(=O)c1ncc([N+](=O)[O-])cc1C#N. The molecule has 1 unspecified atom stereocenters. The van der Waals surface area contributed by atoms with E-state index in [1.807, 2.05) is 0 Å². The van der Waals surface area contributed by atoms with Gasteiger partial charge in [0.05, 0.1) is 15.7 Å². The van der Waals surface area contributed by atoms with E-state index in [0.717, 1.165) is 12.3 Å². The first kappa shape index (κ1) is 14.3. The summed E-state index contributed by atoms with van der Waals surface area (Å²) in [5.41, 5.74) is -0.801. The summed E-state index contributed by atoms with van der Waals surface area (Å²) in [7, 11) is -3.86. The van der Waals surface area contributed by atoms with Gasteiger partial charge in [-0.05, 0) is 6.92 Å². The van der Waals surface area contributed by atoms with Crippen LogP contribution in [-0.4, -0.2) is 29.5 Å². The van der Waals surface area contributed by atoms with Crippen molar-refractivity contribution in [3.63, 3.8) is 0 Å². The Balaban J connectivity index is 3.45. The van der Waals surface area contributed by atoms with Gasteiger partial charge in [0.2, 0.25) is 9.84 Å². The fraction of sp³-hybridized carbons (Fsp3) is 0.333. The van der Waals surface area contributed by atoms with Crippen LogP contribution < -0.4 is 0 Å². The van der Waals surface area contributed by atoms with Crippen LogP contribution in [0.15, 0.2) is 17.3 Å². The molecule has 0 spiro atoms. The Morgan fingerprint density at radius 2 is 2.28 bits per heavy atom. The Labute approximate surface area is 108 Å². The van der Waals surface area contributed by atoms with Crippen LogP contribution in [0.25, 0.3) is 0 Å². The van der Waals surface area contributed by atoms with E-state index in [2.05, 4.69) is 4.98 Å². The van der Waals surface area contributed by atoms with Crippen LogP contribution in [0.3, 0.4) is 0 Å². The van der Waals surface area contributed by atoms with Gasteiger partial charge in [-0.1, -0.05) is 0 Å². The molecule has 18 heavy (non-hydrogen) atoms. The van der Waals surface area contributed by atoms with Crippen molar-refractivity contribution in [3.8, 4) is 6.07 Å². The third kappa shape index (κ3) is 2.57. The number of pyridine rings is 1. The van der Waals surface area contributed by atoms with E-state index < -0.39 is 30.7 Å². The van der Waals surface area contributed by atoms with Gasteiger partial charge in [-0.15, -0.1) is 11.6 Å². The normalized spacial score (nSPS) is 12.7. The van der Waals surface area contributed by atoms with Gasteiger partial charge >= 0.3 is 0 Å². The van der Waals surface area contributed by atoms with Crippen LogP contribution in [-0.2, 0) is 9.84 Å². The van der Waals surface area contributed by atoms with Crippen LogP contribution in [0, 0.1) is 21.4 Å². The van der Waals surface area contributed by atoms with Gasteiger partial charge in [0.15, 0.2) is 5.03 Å². The highest BCUT2D eigenvalue weighted by molar-refractivity contribution is 7.92. The maximum atomic E-state index is 12.0. The molecule has 1 aromatic heterocycles. The van der Waals surface area contributed by atoms with Crippen LogP contribution in [0.4, 0.5) is 5.69 Å². The summed E-state index contributed by atoms with van der Waals surface area (Å²) in [6, 6.07) is 2.46. The van der Waals surface area contributed by atoms with E-state index in [9.17, 15) is 18.5 Å². The Hall–Kier alpha value is -1.72. The lowest BCUT2D eigenvalue weighted by Gasteiger charge is -2.09. The molecule has 7 nitrogen and oxygen atoms in total. The molecule has 0 bridgehead atoms. The number of hydrogen-bond donors (Lipinski definition) is 0. The minimum Gasteiger partial charge on any atom is -0.258 e.